The first-order valence-corrected chi connectivity index (χ1v) is 9.37. The molecule has 1 heterocycles. The summed E-state index contributed by atoms with van der Waals surface area (Å²) >= 11 is 0. The highest BCUT2D eigenvalue weighted by Crippen LogP contribution is 2.41. The molecular weight excluding hydrogens is 300 g/mol. The molecule has 0 unspecified atom stereocenters. The highest BCUT2D eigenvalue weighted by atomic mass is 32.2. The molecule has 1 aromatic carbocycles. The zero-order valence-corrected chi connectivity index (χ0v) is 13.9. The van der Waals surface area contributed by atoms with Crippen molar-refractivity contribution in [2.45, 2.75) is 44.9 Å². The fraction of sp³-hybridized carbons (Fsp3) is 0.625. The van der Waals surface area contributed by atoms with Crippen molar-refractivity contribution in [2.75, 3.05) is 13.1 Å². The van der Waals surface area contributed by atoms with Crippen molar-refractivity contribution in [3.8, 4) is 0 Å². The van der Waals surface area contributed by atoms with Gasteiger partial charge in [0.2, 0.25) is 0 Å². The summed E-state index contributed by atoms with van der Waals surface area (Å²) in [5, 5.41) is 0. The highest BCUT2D eigenvalue weighted by Gasteiger charge is 2.38. The Balaban J connectivity index is 1.77. The van der Waals surface area contributed by atoms with E-state index in [4.69, 9.17) is 4.74 Å². The van der Waals surface area contributed by atoms with Crippen LogP contribution in [-0.4, -0.2) is 38.0 Å². The summed E-state index contributed by atoms with van der Waals surface area (Å²) in [7, 11) is -3.50. The Morgan fingerprint density at radius 2 is 1.73 bits per heavy atom. The van der Waals surface area contributed by atoms with E-state index < -0.39 is 10.2 Å². The van der Waals surface area contributed by atoms with Crippen LogP contribution in [0.1, 0.15) is 38.3 Å². The van der Waals surface area contributed by atoms with Crippen molar-refractivity contribution < 1.29 is 13.2 Å². The second-order valence-electron chi connectivity index (χ2n) is 6.42. The van der Waals surface area contributed by atoms with Crippen LogP contribution in [0.3, 0.4) is 0 Å². The van der Waals surface area contributed by atoms with Gasteiger partial charge in [0.05, 0.1) is 18.2 Å². The second kappa shape index (κ2) is 6.28. The van der Waals surface area contributed by atoms with Crippen LogP contribution in [0.2, 0.25) is 0 Å². The molecule has 1 aliphatic carbocycles. The molecule has 1 aliphatic heterocycles. The third kappa shape index (κ3) is 3.68. The van der Waals surface area contributed by atoms with Crippen LogP contribution < -0.4 is 4.72 Å². The molecule has 5 nitrogen and oxygen atoms in total. The molecule has 2 aliphatic rings. The van der Waals surface area contributed by atoms with Crippen molar-refractivity contribution >= 4 is 10.2 Å². The van der Waals surface area contributed by atoms with Crippen LogP contribution in [0.25, 0.3) is 0 Å². The normalized spacial score (nSPS) is 28.5. The third-order valence-electron chi connectivity index (χ3n) is 4.25. The topological polar surface area (TPSA) is 58.6 Å². The van der Waals surface area contributed by atoms with Crippen molar-refractivity contribution in [1.29, 1.82) is 0 Å². The maximum absolute atomic E-state index is 12.8. The van der Waals surface area contributed by atoms with Gasteiger partial charge in [0.25, 0.3) is 10.2 Å². The molecule has 0 bridgehead atoms. The number of nitrogens with one attached hydrogen (secondary N) is 1. The Morgan fingerprint density at radius 3 is 2.27 bits per heavy atom. The number of benzene rings is 1. The van der Waals surface area contributed by atoms with Gasteiger partial charge < -0.3 is 4.74 Å². The summed E-state index contributed by atoms with van der Waals surface area (Å²) in [5.41, 5.74) is 1.04. The molecule has 3 rings (SSSR count). The summed E-state index contributed by atoms with van der Waals surface area (Å²) in [6, 6.07) is 9.73. The molecule has 0 radical (unpaired) electrons. The first-order valence-electron chi connectivity index (χ1n) is 7.93. The summed E-state index contributed by atoms with van der Waals surface area (Å²) in [6.45, 7) is 4.64. The molecule has 3 atom stereocenters. The van der Waals surface area contributed by atoms with Gasteiger partial charge in [-0.3, -0.25) is 0 Å². The van der Waals surface area contributed by atoms with Crippen LogP contribution in [0, 0.1) is 5.92 Å². The minimum absolute atomic E-state index is 0.0728. The molecule has 22 heavy (non-hydrogen) atoms. The Hall–Kier alpha value is -0.950. The van der Waals surface area contributed by atoms with Gasteiger partial charge >= 0.3 is 0 Å². The molecular formula is C16H24N2O3S. The Bertz CT molecular complexity index is 591. The Kier molecular flexibility index (Phi) is 4.54. The standard InChI is InChI=1S/C16H24N2O3S/c1-12-10-18(11-13(2)21-12)22(19,20)17-16(15-8-9-15)14-6-4-3-5-7-14/h3-7,12-13,15-17H,8-11H2,1-2H3/t12-,13+,16-/m1/s1. The monoisotopic (exact) mass is 324 g/mol. The smallest absolute Gasteiger partial charge is 0.280 e. The lowest BCUT2D eigenvalue weighted by Gasteiger charge is -2.35. The number of hydrogen-bond donors (Lipinski definition) is 1. The Morgan fingerprint density at radius 1 is 1.14 bits per heavy atom. The predicted molar refractivity (Wildman–Crippen MR) is 85.5 cm³/mol. The third-order valence-corrected chi connectivity index (χ3v) is 5.78. The lowest BCUT2D eigenvalue weighted by molar-refractivity contribution is -0.0444. The molecule has 1 N–H and O–H groups in total. The van der Waals surface area contributed by atoms with Crippen LogP contribution in [0.4, 0.5) is 0 Å². The largest absolute Gasteiger partial charge is 0.373 e. The first kappa shape index (κ1) is 15.9. The van der Waals surface area contributed by atoms with Crippen molar-refractivity contribution in [3.63, 3.8) is 0 Å². The van der Waals surface area contributed by atoms with Gasteiger partial charge in [-0.2, -0.15) is 17.4 Å². The maximum Gasteiger partial charge on any atom is 0.280 e. The van der Waals surface area contributed by atoms with Crippen molar-refractivity contribution in [1.82, 2.24) is 9.03 Å². The number of ether oxygens (including phenoxy) is 1. The van der Waals surface area contributed by atoms with Crippen molar-refractivity contribution in [3.05, 3.63) is 35.9 Å². The molecule has 2 fully saturated rings. The average Bonchev–Trinajstić information content (AvgIpc) is 3.29. The maximum atomic E-state index is 12.8. The van der Waals surface area contributed by atoms with Crippen LogP contribution >= 0.6 is 0 Å². The van der Waals surface area contributed by atoms with Crippen LogP contribution in [-0.2, 0) is 14.9 Å². The van der Waals surface area contributed by atoms with Crippen LogP contribution in [0.5, 0.6) is 0 Å². The average molecular weight is 324 g/mol. The first-order chi connectivity index (χ1) is 10.5. The highest BCUT2D eigenvalue weighted by molar-refractivity contribution is 7.87. The lowest BCUT2D eigenvalue weighted by Crippen LogP contribution is -2.52. The number of nitrogens with zero attached hydrogens (tertiary/aromatic N) is 1. The van der Waals surface area contributed by atoms with E-state index in [1.54, 1.807) is 0 Å². The van der Waals surface area contributed by atoms with Gasteiger partial charge in [-0.15, -0.1) is 0 Å². The van der Waals surface area contributed by atoms with Crippen molar-refractivity contribution in [2.24, 2.45) is 5.92 Å². The van der Waals surface area contributed by atoms with Gasteiger partial charge in [0.15, 0.2) is 0 Å². The van der Waals surface area contributed by atoms with E-state index in [0.29, 0.717) is 19.0 Å². The predicted octanol–water partition coefficient (Wildman–Crippen LogP) is 2.08. The fourth-order valence-corrected chi connectivity index (χ4v) is 4.70. The SMILES string of the molecule is C[C@@H]1CN(S(=O)(=O)N[C@H](c2ccccc2)C2CC2)C[C@H](C)O1. The summed E-state index contributed by atoms with van der Waals surface area (Å²) < 4.78 is 35.6. The number of rotatable bonds is 5. The van der Waals surface area contributed by atoms with E-state index in [0.717, 1.165) is 18.4 Å². The summed E-state index contributed by atoms with van der Waals surface area (Å²) in [6.07, 6.45) is 2.02. The van der Waals surface area contributed by atoms with E-state index in [1.807, 2.05) is 44.2 Å². The summed E-state index contributed by atoms with van der Waals surface area (Å²) in [4.78, 5) is 0. The zero-order chi connectivity index (χ0) is 15.7. The molecule has 1 aromatic rings. The second-order valence-corrected chi connectivity index (χ2v) is 8.13. The van der Waals surface area contributed by atoms with Crippen LogP contribution in [0.15, 0.2) is 30.3 Å². The molecule has 0 spiro atoms. The van der Waals surface area contributed by atoms with Gasteiger partial charge in [-0.05, 0) is 38.2 Å². The molecule has 0 amide bonds. The zero-order valence-electron chi connectivity index (χ0n) is 13.1. The molecule has 1 saturated heterocycles. The number of hydrogen-bond acceptors (Lipinski definition) is 3. The van der Waals surface area contributed by atoms with E-state index in [2.05, 4.69) is 4.72 Å². The van der Waals surface area contributed by atoms with E-state index >= 15 is 0 Å². The molecule has 0 aromatic heterocycles. The lowest BCUT2D eigenvalue weighted by atomic mass is 10.0. The van der Waals surface area contributed by atoms with Gasteiger partial charge in [-0.1, -0.05) is 30.3 Å². The minimum atomic E-state index is -3.50. The number of morpholine rings is 1. The van der Waals surface area contributed by atoms with Gasteiger partial charge in [-0.25, -0.2) is 0 Å². The van der Waals surface area contributed by atoms with Gasteiger partial charge in [0, 0.05) is 13.1 Å². The van der Waals surface area contributed by atoms with E-state index in [9.17, 15) is 8.42 Å². The Labute approximate surface area is 132 Å². The minimum Gasteiger partial charge on any atom is -0.373 e. The molecule has 6 heteroatoms. The van der Waals surface area contributed by atoms with Gasteiger partial charge in [0.1, 0.15) is 0 Å². The molecule has 122 valence electrons. The summed E-state index contributed by atoms with van der Waals surface area (Å²) in [5.74, 6) is 0.410. The quantitative estimate of drug-likeness (QED) is 0.902. The fourth-order valence-electron chi connectivity index (χ4n) is 3.09. The van der Waals surface area contributed by atoms with E-state index in [1.165, 1.54) is 4.31 Å². The van der Waals surface area contributed by atoms with E-state index in [-0.39, 0.29) is 18.2 Å². The molecule has 1 saturated carbocycles.